The quantitative estimate of drug-likeness (QED) is 0.254. The van der Waals surface area contributed by atoms with E-state index in [1.807, 2.05) is 6.07 Å². The molecule has 6 nitrogen and oxygen atoms in total. The molecule has 0 bridgehead atoms. The number of rotatable bonds is 12. The van der Waals surface area contributed by atoms with Crippen molar-refractivity contribution < 1.29 is 14.3 Å². The Morgan fingerprint density at radius 2 is 1.78 bits per heavy atom. The van der Waals surface area contributed by atoms with Crippen molar-refractivity contribution in [3.8, 4) is 11.5 Å². The van der Waals surface area contributed by atoms with Crippen LogP contribution in [0.25, 0.3) is 11.0 Å². The Morgan fingerprint density at radius 1 is 0.972 bits per heavy atom. The molecule has 1 aromatic heterocycles. The second-order valence-corrected chi connectivity index (χ2v) is 9.08. The normalized spacial score (nSPS) is 11.0. The maximum atomic E-state index is 12.4. The second-order valence-electron chi connectivity index (χ2n) is 9.08. The molecular weight excluding hydrogens is 450 g/mol. The number of hydrogen-bond acceptors (Lipinski definition) is 4. The first-order valence-electron chi connectivity index (χ1n) is 12.6. The Balaban J connectivity index is 1.29. The lowest BCUT2D eigenvalue weighted by atomic mass is 10.1. The highest BCUT2D eigenvalue weighted by Crippen LogP contribution is 2.21. The number of para-hydroxylation sites is 2. The molecule has 4 rings (SSSR count). The van der Waals surface area contributed by atoms with Crippen LogP contribution in [0, 0.1) is 13.8 Å². The van der Waals surface area contributed by atoms with Gasteiger partial charge in [-0.2, -0.15) is 0 Å². The van der Waals surface area contributed by atoms with Crippen LogP contribution in [0.2, 0.25) is 0 Å². The smallest absolute Gasteiger partial charge is 0.251 e. The summed E-state index contributed by atoms with van der Waals surface area (Å²) in [4.78, 5) is 17.3. The van der Waals surface area contributed by atoms with E-state index in [0.717, 1.165) is 60.6 Å². The fourth-order valence-corrected chi connectivity index (χ4v) is 4.28. The topological polar surface area (TPSA) is 65.4 Å². The summed E-state index contributed by atoms with van der Waals surface area (Å²) in [5, 5.41) is 3.01. The first-order valence-corrected chi connectivity index (χ1v) is 12.6. The van der Waals surface area contributed by atoms with Gasteiger partial charge in [0.25, 0.3) is 5.91 Å². The number of aryl methyl sites for hydroxylation is 4. The second kappa shape index (κ2) is 12.2. The van der Waals surface area contributed by atoms with Gasteiger partial charge in [-0.05, 0) is 86.7 Å². The Morgan fingerprint density at radius 3 is 2.58 bits per heavy atom. The number of carbonyl (C=O) groups is 1. The van der Waals surface area contributed by atoms with Gasteiger partial charge in [-0.25, -0.2) is 4.98 Å². The number of fused-ring (bicyclic) bond motifs is 1. The van der Waals surface area contributed by atoms with Crippen LogP contribution in [0.15, 0.2) is 66.7 Å². The van der Waals surface area contributed by atoms with Crippen molar-refractivity contribution in [3.63, 3.8) is 0 Å². The molecular formula is C30H35N3O3. The highest BCUT2D eigenvalue weighted by atomic mass is 16.5. The van der Waals surface area contributed by atoms with Gasteiger partial charge in [0.15, 0.2) is 0 Å². The average molecular weight is 486 g/mol. The van der Waals surface area contributed by atoms with Crippen molar-refractivity contribution in [3.05, 3.63) is 89.2 Å². The lowest BCUT2D eigenvalue weighted by Gasteiger charge is -2.12. The summed E-state index contributed by atoms with van der Waals surface area (Å²) >= 11 is 0. The molecule has 1 heterocycles. The molecule has 0 spiro atoms. The van der Waals surface area contributed by atoms with Crippen LogP contribution >= 0.6 is 0 Å². The molecule has 0 atom stereocenters. The van der Waals surface area contributed by atoms with Gasteiger partial charge in [-0.3, -0.25) is 4.79 Å². The Kier molecular flexibility index (Phi) is 8.61. The minimum atomic E-state index is -0.0741. The Bertz CT molecular complexity index is 1290. The zero-order chi connectivity index (χ0) is 25.3. The summed E-state index contributed by atoms with van der Waals surface area (Å²) in [6.45, 7) is 6.35. The molecule has 3 aromatic carbocycles. The number of carbonyl (C=O) groups excluding carboxylic acids is 1. The maximum absolute atomic E-state index is 12.4. The number of ether oxygens (including phenoxy) is 2. The average Bonchev–Trinajstić information content (AvgIpc) is 3.25. The van der Waals surface area contributed by atoms with Crippen LogP contribution < -0.4 is 14.8 Å². The van der Waals surface area contributed by atoms with E-state index < -0.39 is 0 Å². The minimum Gasteiger partial charge on any atom is -0.497 e. The van der Waals surface area contributed by atoms with Gasteiger partial charge in [-0.15, -0.1) is 0 Å². The number of aromatic nitrogens is 2. The van der Waals surface area contributed by atoms with Gasteiger partial charge in [0.2, 0.25) is 0 Å². The van der Waals surface area contributed by atoms with E-state index in [2.05, 4.69) is 60.1 Å². The van der Waals surface area contributed by atoms with Crippen LogP contribution in [0.3, 0.4) is 0 Å². The van der Waals surface area contributed by atoms with Crippen LogP contribution in [-0.4, -0.2) is 35.7 Å². The van der Waals surface area contributed by atoms with Crippen LogP contribution in [0.4, 0.5) is 0 Å². The van der Waals surface area contributed by atoms with Gasteiger partial charge in [-0.1, -0.05) is 24.3 Å². The molecule has 0 saturated heterocycles. The Hall–Kier alpha value is -3.80. The molecule has 0 aliphatic rings. The van der Waals surface area contributed by atoms with Crippen LogP contribution in [0.1, 0.15) is 46.6 Å². The molecule has 0 fully saturated rings. The standard InChI is InChI=1S/C30H35N3O3/c1-22-12-13-23(2)28(21-22)36-20-7-6-19-33-27-10-5-4-9-26(27)32-29(33)11-8-18-31-30(34)24-14-16-25(35-3)17-15-24/h4-5,9-10,12-17,21H,6-8,11,18-20H2,1-3H3,(H,31,34). The first-order chi connectivity index (χ1) is 17.5. The van der Waals surface area contributed by atoms with Crippen molar-refractivity contribution in [2.24, 2.45) is 0 Å². The molecule has 0 radical (unpaired) electrons. The fourth-order valence-electron chi connectivity index (χ4n) is 4.28. The largest absolute Gasteiger partial charge is 0.497 e. The van der Waals surface area contributed by atoms with Crippen LogP contribution in [0.5, 0.6) is 11.5 Å². The third kappa shape index (κ3) is 6.45. The molecule has 0 unspecified atom stereocenters. The number of nitrogens with one attached hydrogen (secondary N) is 1. The highest BCUT2D eigenvalue weighted by molar-refractivity contribution is 5.94. The molecule has 188 valence electrons. The monoisotopic (exact) mass is 485 g/mol. The Labute approximate surface area is 213 Å². The summed E-state index contributed by atoms with van der Waals surface area (Å²) in [6.07, 6.45) is 3.60. The number of imidazole rings is 1. The van der Waals surface area contributed by atoms with E-state index >= 15 is 0 Å². The van der Waals surface area contributed by atoms with Crippen molar-refractivity contribution in [2.45, 2.75) is 46.1 Å². The third-order valence-corrected chi connectivity index (χ3v) is 6.33. The highest BCUT2D eigenvalue weighted by Gasteiger charge is 2.11. The molecule has 6 heteroatoms. The van der Waals surface area contributed by atoms with Crippen molar-refractivity contribution in [1.82, 2.24) is 14.9 Å². The van der Waals surface area contributed by atoms with Gasteiger partial charge >= 0.3 is 0 Å². The van der Waals surface area contributed by atoms with Gasteiger partial charge in [0, 0.05) is 25.1 Å². The number of amides is 1. The van der Waals surface area contributed by atoms with E-state index in [-0.39, 0.29) is 5.91 Å². The molecule has 0 aliphatic carbocycles. The summed E-state index contributed by atoms with van der Waals surface area (Å²) in [6, 6.07) is 21.7. The van der Waals surface area contributed by atoms with E-state index in [1.165, 1.54) is 11.1 Å². The SMILES string of the molecule is COc1ccc(C(=O)NCCCc2nc3ccccc3n2CCCCOc2cc(C)ccc2C)cc1. The number of hydrogen-bond donors (Lipinski definition) is 1. The molecule has 36 heavy (non-hydrogen) atoms. The maximum Gasteiger partial charge on any atom is 0.251 e. The van der Waals surface area contributed by atoms with Gasteiger partial charge < -0.3 is 19.4 Å². The van der Waals surface area contributed by atoms with E-state index in [9.17, 15) is 4.79 Å². The lowest BCUT2D eigenvalue weighted by molar-refractivity contribution is 0.0953. The third-order valence-electron chi connectivity index (χ3n) is 6.33. The van der Waals surface area contributed by atoms with Gasteiger partial charge in [0.05, 0.1) is 24.8 Å². The van der Waals surface area contributed by atoms with Gasteiger partial charge in [0.1, 0.15) is 17.3 Å². The number of nitrogens with zero attached hydrogens (tertiary/aromatic N) is 2. The molecule has 1 amide bonds. The summed E-state index contributed by atoms with van der Waals surface area (Å²) in [5.74, 6) is 2.70. The lowest BCUT2D eigenvalue weighted by Crippen LogP contribution is -2.25. The van der Waals surface area contributed by atoms with E-state index in [4.69, 9.17) is 14.5 Å². The number of unbranched alkanes of at least 4 members (excludes halogenated alkanes) is 1. The number of benzene rings is 3. The number of methoxy groups -OCH3 is 1. The zero-order valence-electron chi connectivity index (χ0n) is 21.4. The minimum absolute atomic E-state index is 0.0741. The summed E-state index contributed by atoms with van der Waals surface area (Å²) in [5.41, 5.74) is 5.19. The van der Waals surface area contributed by atoms with E-state index in [1.54, 1.807) is 31.4 Å². The predicted molar refractivity (Wildman–Crippen MR) is 144 cm³/mol. The first kappa shape index (κ1) is 25.3. The molecule has 4 aromatic rings. The predicted octanol–water partition coefficient (Wildman–Crippen LogP) is 5.88. The van der Waals surface area contributed by atoms with E-state index in [0.29, 0.717) is 18.7 Å². The van der Waals surface area contributed by atoms with Crippen molar-refractivity contribution >= 4 is 16.9 Å². The van der Waals surface area contributed by atoms with Crippen LogP contribution in [-0.2, 0) is 13.0 Å². The summed E-state index contributed by atoms with van der Waals surface area (Å²) in [7, 11) is 1.61. The van der Waals surface area contributed by atoms with Crippen molar-refractivity contribution in [1.29, 1.82) is 0 Å². The van der Waals surface area contributed by atoms with Crippen molar-refractivity contribution in [2.75, 3.05) is 20.3 Å². The summed E-state index contributed by atoms with van der Waals surface area (Å²) < 4.78 is 13.5. The molecule has 0 saturated carbocycles. The fraction of sp³-hybridized carbons (Fsp3) is 0.333. The molecule has 0 aliphatic heterocycles. The zero-order valence-corrected chi connectivity index (χ0v) is 21.4. The molecule has 1 N–H and O–H groups in total.